The Kier molecular flexibility index (Phi) is 3.35. The van der Waals surface area contributed by atoms with E-state index in [4.69, 9.17) is 26.1 Å². The number of fused-ring (bicyclic) bond motifs is 4. The van der Waals surface area contributed by atoms with Gasteiger partial charge in [-0.2, -0.15) is 15.0 Å². The van der Waals surface area contributed by atoms with E-state index in [2.05, 4.69) is 19.8 Å². The van der Waals surface area contributed by atoms with Crippen LogP contribution < -0.4 is 9.80 Å². The molecule has 4 atom stereocenters. The minimum atomic E-state index is 0.266. The molecule has 4 aliphatic heterocycles. The fourth-order valence-corrected chi connectivity index (χ4v) is 4.37. The summed E-state index contributed by atoms with van der Waals surface area (Å²) in [6, 6.07) is 0. The van der Waals surface area contributed by atoms with Crippen LogP contribution in [0, 0.1) is 5.92 Å². The van der Waals surface area contributed by atoms with E-state index in [0.29, 0.717) is 36.1 Å². The second-order valence-corrected chi connectivity index (χ2v) is 7.37. The first-order chi connectivity index (χ1) is 11.2. The maximum Gasteiger partial charge on any atom is 0.231 e. The van der Waals surface area contributed by atoms with E-state index in [1.807, 2.05) is 0 Å². The molecule has 4 bridgehead atoms. The highest BCUT2D eigenvalue weighted by molar-refractivity contribution is 6.28. The molecule has 4 unspecified atom stereocenters. The van der Waals surface area contributed by atoms with E-state index in [9.17, 15) is 0 Å². The Balaban J connectivity index is 1.41. The Bertz CT molecular complexity index is 545. The maximum absolute atomic E-state index is 6.19. The zero-order chi connectivity index (χ0) is 15.4. The lowest BCUT2D eigenvalue weighted by atomic mass is 10.0. The van der Waals surface area contributed by atoms with Gasteiger partial charge >= 0.3 is 0 Å². The normalized spacial score (nSPS) is 35.9. The van der Waals surface area contributed by atoms with Crippen LogP contribution in [0.1, 0.15) is 19.3 Å². The second-order valence-electron chi connectivity index (χ2n) is 7.03. The van der Waals surface area contributed by atoms with Crippen LogP contribution in [0.15, 0.2) is 0 Å². The van der Waals surface area contributed by atoms with Crippen molar-refractivity contribution in [2.75, 3.05) is 42.6 Å². The van der Waals surface area contributed by atoms with Crippen molar-refractivity contribution in [1.82, 2.24) is 15.0 Å². The number of rotatable bonds is 2. The summed E-state index contributed by atoms with van der Waals surface area (Å²) in [5.74, 6) is 1.94. The number of morpholine rings is 1. The highest BCUT2D eigenvalue weighted by Gasteiger charge is 2.37. The number of piperidine rings is 1. The molecule has 0 N–H and O–H groups in total. The molecule has 7 nitrogen and oxygen atoms in total. The van der Waals surface area contributed by atoms with Crippen LogP contribution >= 0.6 is 11.6 Å². The molecule has 4 saturated heterocycles. The molecule has 1 aromatic heterocycles. The Hall–Kier alpha value is -1.18. The first kappa shape index (κ1) is 14.2. The number of aromatic nitrogens is 3. The van der Waals surface area contributed by atoms with Gasteiger partial charge in [0, 0.05) is 32.1 Å². The largest absolute Gasteiger partial charge is 0.376 e. The van der Waals surface area contributed by atoms with Gasteiger partial charge in [-0.1, -0.05) is 0 Å². The van der Waals surface area contributed by atoms with Crippen molar-refractivity contribution in [3.63, 3.8) is 0 Å². The molecule has 124 valence electrons. The highest BCUT2D eigenvalue weighted by atomic mass is 35.5. The van der Waals surface area contributed by atoms with Crippen LogP contribution in [-0.2, 0) is 9.47 Å². The monoisotopic (exact) mass is 337 g/mol. The summed E-state index contributed by atoms with van der Waals surface area (Å²) in [6.07, 6.45) is 4.29. The summed E-state index contributed by atoms with van der Waals surface area (Å²) in [7, 11) is 0. The molecule has 1 aromatic rings. The van der Waals surface area contributed by atoms with Crippen LogP contribution in [0.2, 0.25) is 5.28 Å². The summed E-state index contributed by atoms with van der Waals surface area (Å²) < 4.78 is 11.7. The quantitative estimate of drug-likeness (QED) is 0.801. The Morgan fingerprint density at radius 1 is 0.870 bits per heavy atom. The minimum Gasteiger partial charge on any atom is -0.376 e. The third-order valence-electron chi connectivity index (χ3n) is 5.26. The topological polar surface area (TPSA) is 63.6 Å². The van der Waals surface area contributed by atoms with E-state index >= 15 is 0 Å². The number of anilines is 2. The van der Waals surface area contributed by atoms with Gasteiger partial charge in [-0.05, 0) is 30.9 Å². The first-order valence-electron chi connectivity index (χ1n) is 8.41. The summed E-state index contributed by atoms with van der Waals surface area (Å²) >= 11 is 6.19. The Morgan fingerprint density at radius 2 is 1.52 bits per heavy atom. The van der Waals surface area contributed by atoms with Gasteiger partial charge in [0.1, 0.15) is 0 Å². The van der Waals surface area contributed by atoms with Crippen LogP contribution in [0.3, 0.4) is 0 Å². The van der Waals surface area contributed by atoms with Gasteiger partial charge < -0.3 is 19.3 Å². The molecule has 5 rings (SSSR count). The minimum absolute atomic E-state index is 0.266. The summed E-state index contributed by atoms with van der Waals surface area (Å²) in [5.41, 5.74) is 0. The number of nitrogens with zero attached hydrogens (tertiary/aromatic N) is 5. The lowest BCUT2D eigenvalue weighted by Crippen LogP contribution is -2.44. The van der Waals surface area contributed by atoms with E-state index in [1.54, 1.807) is 0 Å². The standard InChI is InChI=1S/C15H20ClN5O2/c16-13-17-14(20-4-9-3-12(7-20)22-8-9)19-15(18-13)21-5-10-1-2-11(6-21)23-10/h9-12H,1-8H2. The molecule has 0 aliphatic carbocycles. The number of ether oxygens (including phenoxy) is 2. The van der Waals surface area contributed by atoms with Crippen LogP contribution in [-0.4, -0.2) is 66.0 Å². The number of hydrogen-bond acceptors (Lipinski definition) is 7. The lowest BCUT2D eigenvalue weighted by Gasteiger charge is -2.33. The van der Waals surface area contributed by atoms with Crippen molar-refractivity contribution in [3.05, 3.63) is 5.28 Å². The average molecular weight is 338 g/mol. The first-order valence-corrected chi connectivity index (χ1v) is 8.79. The molecule has 0 aromatic carbocycles. The molecule has 0 amide bonds. The lowest BCUT2D eigenvalue weighted by molar-refractivity contribution is 0.0299. The van der Waals surface area contributed by atoms with Gasteiger partial charge in [0.25, 0.3) is 0 Å². The molecular formula is C15H20ClN5O2. The van der Waals surface area contributed by atoms with Crippen molar-refractivity contribution < 1.29 is 9.47 Å². The number of hydrogen-bond donors (Lipinski definition) is 0. The summed E-state index contributed by atoms with van der Waals surface area (Å²) in [4.78, 5) is 17.8. The van der Waals surface area contributed by atoms with E-state index in [-0.39, 0.29) is 5.28 Å². The zero-order valence-electron chi connectivity index (χ0n) is 12.9. The van der Waals surface area contributed by atoms with Gasteiger partial charge in [-0.25, -0.2) is 0 Å². The smallest absolute Gasteiger partial charge is 0.231 e. The number of halogens is 1. The summed E-state index contributed by atoms with van der Waals surface area (Å²) in [5, 5.41) is 0.266. The van der Waals surface area contributed by atoms with Gasteiger partial charge in [-0.15, -0.1) is 0 Å². The van der Waals surface area contributed by atoms with Gasteiger partial charge in [-0.3, -0.25) is 0 Å². The van der Waals surface area contributed by atoms with Gasteiger partial charge in [0.2, 0.25) is 17.2 Å². The zero-order valence-corrected chi connectivity index (χ0v) is 13.7. The molecule has 0 saturated carbocycles. The SMILES string of the molecule is Clc1nc(N2CC3COC(C3)C2)nc(N2CC3CCC(C2)O3)n1. The predicted octanol–water partition coefficient (Wildman–Crippen LogP) is 1.12. The van der Waals surface area contributed by atoms with Gasteiger partial charge in [0.05, 0.1) is 24.9 Å². The average Bonchev–Trinajstić information content (AvgIpc) is 3.07. The molecular weight excluding hydrogens is 318 g/mol. The molecule has 5 heterocycles. The maximum atomic E-state index is 6.19. The van der Waals surface area contributed by atoms with E-state index < -0.39 is 0 Å². The van der Waals surface area contributed by atoms with Crippen molar-refractivity contribution in [3.8, 4) is 0 Å². The van der Waals surface area contributed by atoms with Crippen LogP contribution in [0.4, 0.5) is 11.9 Å². The Labute approximate surface area is 139 Å². The highest BCUT2D eigenvalue weighted by Crippen LogP contribution is 2.31. The summed E-state index contributed by atoms with van der Waals surface area (Å²) in [6.45, 7) is 4.30. The van der Waals surface area contributed by atoms with Crippen molar-refractivity contribution in [1.29, 1.82) is 0 Å². The van der Waals surface area contributed by atoms with Crippen molar-refractivity contribution in [2.24, 2.45) is 5.92 Å². The predicted molar refractivity (Wildman–Crippen MR) is 85.0 cm³/mol. The van der Waals surface area contributed by atoms with Crippen molar-refractivity contribution in [2.45, 2.75) is 37.6 Å². The molecule has 0 spiro atoms. The third-order valence-corrected chi connectivity index (χ3v) is 5.43. The third kappa shape index (κ3) is 2.64. The molecule has 4 aliphatic rings. The molecule has 4 fully saturated rings. The molecule has 23 heavy (non-hydrogen) atoms. The second kappa shape index (κ2) is 5.43. The fraction of sp³-hybridized carbons (Fsp3) is 0.800. The van der Waals surface area contributed by atoms with Crippen LogP contribution in [0.5, 0.6) is 0 Å². The molecule has 0 radical (unpaired) electrons. The van der Waals surface area contributed by atoms with Crippen LogP contribution in [0.25, 0.3) is 0 Å². The van der Waals surface area contributed by atoms with E-state index in [0.717, 1.165) is 52.0 Å². The fourth-order valence-electron chi connectivity index (χ4n) is 4.22. The Morgan fingerprint density at radius 3 is 2.22 bits per heavy atom. The van der Waals surface area contributed by atoms with Gasteiger partial charge in [0.15, 0.2) is 0 Å². The molecule has 8 heteroatoms. The van der Waals surface area contributed by atoms with Crippen molar-refractivity contribution >= 4 is 23.5 Å². The van der Waals surface area contributed by atoms with E-state index in [1.165, 1.54) is 0 Å².